The second-order valence-electron chi connectivity index (χ2n) is 4.79. The first-order valence-electron chi connectivity index (χ1n) is 5.85. The lowest BCUT2D eigenvalue weighted by Gasteiger charge is -2.16. The number of nitrogens with zero attached hydrogens (tertiary/aromatic N) is 2. The van der Waals surface area contributed by atoms with Crippen molar-refractivity contribution >= 4 is 11.9 Å². The molecule has 1 atom stereocenters. The molecule has 1 amide bonds. The number of hydrogen-bond acceptors (Lipinski definition) is 3. The van der Waals surface area contributed by atoms with Gasteiger partial charge in [-0.25, -0.2) is 4.79 Å². The van der Waals surface area contributed by atoms with Crippen molar-refractivity contribution in [1.29, 1.82) is 0 Å². The average Bonchev–Trinajstić information content (AvgIpc) is 2.56. The van der Waals surface area contributed by atoms with Crippen LogP contribution in [0.1, 0.15) is 36.5 Å². The third-order valence-electron chi connectivity index (χ3n) is 2.55. The van der Waals surface area contributed by atoms with Gasteiger partial charge in [-0.1, -0.05) is 13.8 Å². The van der Waals surface area contributed by atoms with Gasteiger partial charge in [-0.05, 0) is 25.3 Å². The number of carbonyl (C=O) groups excluding carboxylic acids is 1. The maximum atomic E-state index is 11.9. The Kier molecular flexibility index (Phi) is 4.47. The van der Waals surface area contributed by atoms with Crippen molar-refractivity contribution in [2.45, 2.75) is 33.2 Å². The Morgan fingerprint density at radius 3 is 2.50 bits per heavy atom. The number of rotatable bonds is 5. The molecule has 0 unspecified atom stereocenters. The summed E-state index contributed by atoms with van der Waals surface area (Å²) in [5.74, 6) is -1.23. The fourth-order valence-electron chi connectivity index (χ4n) is 1.75. The molecule has 2 N–H and O–H groups in total. The van der Waals surface area contributed by atoms with Crippen LogP contribution in [0.3, 0.4) is 0 Å². The van der Waals surface area contributed by atoms with E-state index in [4.69, 9.17) is 5.11 Å². The van der Waals surface area contributed by atoms with E-state index in [1.807, 2.05) is 13.8 Å². The molecule has 1 aromatic rings. The van der Waals surface area contributed by atoms with E-state index >= 15 is 0 Å². The summed E-state index contributed by atoms with van der Waals surface area (Å²) in [6.45, 7) is 5.60. The van der Waals surface area contributed by atoms with Gasteiger partial charge in [-0.3, -0.25) is 9.48 Å². The Balaban J connectivity index is 2.78. The zero-order valence-electron chi connectivity index (χ0n) is 11.1. The highest BCUT2D eigenvalue weighted by molar-refractivity contribution is 5.95. The fourth-order valence-corrected chi connectivity index (χ4v) is 1.75. The molecule has 0 fully saturated rings. The standard InChI is InChI=1S/C12H19N3O3/c1-7(2)5-9(12(17)18)13-11(16)10-6-8(3)14-15(10)4/h6-7,9H,5H2,1-4H3,(H,13,16)(H,17,18)/t9-/m0/s1. The summed E-state index contributed by atoms with van der Waals surface area (Å²) in [7, 11) is 1.65. The predicted octanol–water partition coefficient (Wildman–Crippen LogP) is 0.958. The van der Waals surface area contributed by atoms with Crippen molar-refractivity contribution in [3.63, 3.8) is 0 Å². The predicted molar refractivity (Wildman–Crippen MR) is 66.3 cm³/mol. The van der Waals surface area contributed by atoms with E-state index in [2.05, 4.69) is 10.4 Å². The molecule has 0 spiro atoms. The lowest BCUT2D eigenvalue weighted by molar-refractivity contribution is -0.139. The number of aromatic nitrogens is 2. The highest BCUT2D eigenvalue weighted by atomic mass is 16.4. The lowest BCUT2D eigenvalue weighted by atomic mass is 10.0. The molecule has 6 heteroatoms. The Bertz CT molecular complexity index is 451. The second kappa shape index (κ2) is 5.66. The first-order valence-corrected chi connectivity index (χ1v) is 5.85. The van der Waals surface area contributed by atoms with Crippen LogP contribution in [0.25, 0.3) is 0 Å². The maximum absolute atomic E-state index is 11.9. The SMILES string of the molecule is Cc1cc(C(=O)N[C@@H](CC(C)C)C(=O)O)n(C)n1. The Labute approximate surface area is 106 Å². The maximum Gasteiger partial charge on any atom is 0.326 e. The van der Waals surface area contributed by atoms with Crippen LogP contribution >= 0.6 is 0 Å². The quantitative estimate of drug-likeness (QED) is 0.818. The van der Waals surface area contributed by atoms with E-state index in [1.165, 1.54) is 4.68 Å². The largest absolute Gasteiger partial charge is 0.480 e. The third kappa shape index (κ3) is 3.58. The van der Waals surface area contributed by atoms with E-state index in [-0.39, 0.29) is 5.92 Å². The van der Waals surface area contributed by atoms with E-state index in [9.17, 15) is 9.59 Å². The molecule has 0 saturated heterocycles. The molecule has 0 aromatic carbocycles. The third-order valence-corrected chi connectivity index (χ3v) is 2.55. The number of aryl methyl sites for hydroxylation is 2. The van der Waals surface area contributed by atoms with Crippen LogP contribution in [0.15, 0.2) is 6.07 Å². The summed E-state index contributed by atoms with van der Waals surface area (Å²) >= 11 is 0. The van der Waals surface area contributed by atoms with Crippen molar-refractivity contribution in [2.24, 2.45) is 13.0 Å². The van der Waals surface area contributed by atoms with Crippen LogP contribution in [0.5, 0.6) is 0 Å². The van der Waals surface area contributed by atoms with E-state index in [0.717, 1.165) is 5.69 Å². The van der Waals surface area contributed by atoms with Crippen LogP contribution in [0, 0.1) is 12.8 Å². The molecule has 0 aliphatic heterocycles. The average molecular weight is 253 g/mol. The fraction of sp³-hybridized carbons (Fsp3) is 0.583. The van der Waals surface area contributed by atoms with E-state index in [0.29, 0.717) is 12.1 Å². The number of carboxylic acid groups (broad SMARTS) is 1. The minimum Gasteiger partial charge on any atom is -0.480 e. The van der Waals surface area contributed by atoms with Gasteiger partial charge in [0.25, 0.3) is 5.91 Å². The topological polar surface area (TPSA) is 84.2 Å². The molecule has 0 aliphatic carbocycles. The molecule has 0 aliphatic rings. The number of carboxylic acids is 1. The molecular formula is C12H19N3O3. The Morgan fingerprint density at radius 1 is 1.50 bits per heavy atom. The lowest BCUT2D eigenvalue weighted by Crippen LogP contribution is -2.42. The molecule has 0 radical (unpaired) electrons. The number of carbonyl (C=O) groups is 2. The number of hydrogen-bond donors (Lipinski definition) is 2. The Hall–Kier alpha value is -1.85. The van der Waals surface area contributed by atoms with Gasteiger partial charge >= 0.3 is 5.97 Å². The molecule has 0 saturated carbocycles. The summed E-state index contributed by atoms with van der Waals surface area (Å²) in [5, 5.41) is 15.6. The number of amides is 1. The van der Waals surface area contributed by atoms with E-state index < -0.39 is 17.9 Å². The molecule has 6 nitrogen and oxygen atoms in total. The normalized spacial score (nSPS) is 12.5. The van der Waals surface area contributed by atoms with Gasteiger partial charge in [0.1, 0.15) is 11.7 Å². The highest BCUT2D eigenvalue weighted by Gasteiger charge is 2.23. The van der Waals surface area contributed by atoms with Gasteiger partial charge in [0.2, 0.25) is 0 Å². The van der Waals surface area contributed by atoms with Crippen LogP contribution in [0.4, 0.5) is 0 Å². The molecule has 1 rings (SSSR count). The molecule has 0 bridgehead atoms. The van der Waals surface area contributed by atoms with Crippen LogP contribution < -0.4 is 5.32 Å². The van der Waals surface area contributed by atoms with Crippen LogP contribution in [-0.2, 0) is 11.8 Å². The van der Waals surface area contributed by atoms with Crippen LogP contribution in [0.2, 0.25) is 0 Å². The second-order valence-corrected chi connectivity index (χ2v) is 4.79. The van der Waals surface area contributed by atoms with Gasteiger partial charge in [0.15, 0.2) is 0 Å². The van der Waals surface area contributed by atoms with Crippen LogP contribution in [-0.4, -0.2) is 32.8 Å². The van der Waals surface area contributed by atoms with Crippen molar-refractivity contribution in [1.82, 2.24) is 15.1 Å². The van der Waals surface area contributed by atoms with Crippen molar-refractivity contribution in [2.75, 3.05) is 0 Å². The molecule has 1 heterocycles. The van der Waals surface area contributed by atoms with Crippen molar-refractivity contribution in [3.05, 3.63) is 17.5 Å². The highest BCUT2D eigenvalue weighted by Crippen LogP contribution is 2.07. The summed E-state index contributed by atoms with van der Waals surface area (Å²) in [4.78, 5) is 23.0. The molecule has 18 heavy (non-hydrogen) atoms. The van der Waals surface area contributed by atoms with Gasteiger partial charge in [-0.2, -0.15) is 5.10 Å². The monoisotopic (exact) mass is 253 g/mol. The van der Waals surface area contributed by atoms with Gasteiger partial charge < -0.3 is 10.4 Å². The van der Waals surface area contributed by atoms with Crippen molar-refractivity contribution in [3.8, 4) is 0 Å². The summed E-state index contributed by atoms with van der Waals surface area (Å²) in [6, 6.07) is 0.761. The van der Waals surface area contributed by atoms with Gasteiger partial charge in [0, 0.05) is 7.05 Å². The van der Waals surface area contributed by atoms with Gasteiger partial charge in [0.05, 0.1) is 5.69 Å². The van der Waals surface area contributed by atoms with Gasteiger partial charge in [-0.15, -0.1) is 0 Å². The molecular weight excluding hydrogens is 234 g/mol. The minimum absolute atomic E-state index is 0.194. The number of nitrogens with one attached hydrogen (secondary N) is 1. The first-order chi connectivity index (χ1) is 8.31. The number of aliphatic carboxylic acids is 1. The summed E-state index contributed by atoms with van der Waals surface area (Å²) in [5.41, 5.74) is 1.08. The molecule has 100 valence electrons. The smallest absolute Gasteiger partial charge is 0.326 e. The zero-order chi connectivity index (χ0) is 13.9. The minimum atomic E-state index is -1.02. The Morgan fingerprint density at radius 2 is 2.11 bits per heavy atom. The summed E-state index contributed by atoms with van der Waals surface area (Å²) in [6.07, 6.45) is 0.401. The summed E-state index contributed by atoms with van der Waals surface area (Å²) < 4.78 is 1.44. The van der Waals surface area contributed by atoms with E-state index in [1.54, 1.807) is 20.0 Å². The first kappa shape index (κ1) is 14.2. The molecule has 1 aromatic heterocycles. The van der Waals surface area contributed by atoms with Crippen molar-refractivity contribution < 1.29 is 14.7 Å². The zero-order valence-corrected chi connectivity index (χ0v) is 11.1.